The van der Waals surface area contributed by atoms with Crippen molar-refractivity contribution >= 4 is 22.8 Å². The zero-order valence-corrected chi connectivity index (χ0v) is 9.25. The van der Waals surface area contributed by atoms with Crippen LogP contribution in [0.5, 0.6) is 0 Å². The molecule has 16 heavy (non-hydrogen) atoms. The molecule has 0 saturated carbocycles. The predicted molar refractivity (Wildman–Crippen MR) is 61.3 cm³/mol. The summed E-state index contributed by atoms with van der Waals surface area (Å²) in [7, 11) is 0. The lowest BCUT2D eigenvalue weighted by atomic mass is 10.3. The van der Waals surface area contributed by atoms with Crippen LogP contribution in [0.3, 0.4) is 0 Å². The number of halogens is 1. The van der Waals surface area contributed by atoms with Gasteiger partial charge in [-0.05, 0) is 42.3 Å². The summed E-state index contributed by atoms with van der Waals surface area (Å²) in [6.07, 6.45) is 1.73. The van der Waals surface area contributed by atoms with Gasteiger partial charge in [0.1, 0.15) is 0 Å². The van der Waals surface area contributed by atoms with Crippen molar-refractivity contribution in [2.75, 3.05) is 0 Å². The van der Waals surface area contributed by atoms with Crippen LogP contribution >= 0.6 is 11.6 Å². The number of aromatic amines is 1. The first-order valence-corrected chi connectivity index (χ1v) is 5.19. The topological polar surface area (TPSA) is 54.7 Å². The number of pyridine rings is 1. The zero-order valence-electron chi connectivity index (χ0n) is 8.49. The van der Waals surface area contributed by atoms with Crippen LogP contribution in [0, 0.1) is 6.92 Å². The molecule has 0 amide bonds. The third kappa shape index (κ3) is 1.39. The standard InChI is InChI=1S/C11H8ClN3O/c1-6-4-5-13-11-9(6)14-10(15-11)7-2-3-8(12)16-7/h2-5H,1H3,(H,13,14,15). The Balaban J connectivity index is 2.22. The second-order valence-corrected chi connectivity index (χ2v) is 3.89. The molecule has 3 rings (SSSR count). The second kappa shape index (κ2) is 3.35. The molecule has 3 heterocycles. The molecule has 0 aliphatic rings. The lowest BCUT2D eigenvalue weighted by molar-refractivity contribution is 0.580. The Morgan fingerprint density at radius 3 is 2.88 bits per heavy atom. The molecule has 4 nitrogen and oxygen atoms in total. The molecular weight excluding hydrogens is 226 g/mol. The molecule has 0 saturated heterocycles. The lowest BCUT2D eigenvalue weighted by Crippen LogP contribution is -1.78. The van der Waals surface area contributed by atoms with E-state index in [1.54, 1.807) is 18.3 Å². The largest absolute Gasteiger partial charge is 0.441 e. The van der Waals surface area contributed by atoms with Gasteiger partial charge in [-0.3, -0.25) is 0 Å². The van der Waals surface area contributed by atoms with Crippen molar-refractivity contribution in [1.29, 1.82) is 0 Å². The van der Waals surface area contributed by atoms with Crippen LogP contribution < -0.4 is 0 Å². The van der Waals surface area contributed by atoms with E-state index >= 15 is 0 Å². The fraction of sp³-hybridized carbons (Fsp3) is 0.0909. The van der Waals surface area contributed by atoms with E-state index in [-0.39, 0.29) is 0 Å². The molecule has 0 aliphatic heterocycles. The number of hydrogen-bond donors (Lipinski definition) is 1. The number of furan rings is 1. The van der Waals surface area contributed by atoms with E-state index in [1.165, 1.54) is 0 Å². The molecule has 80 valence electrons. The number of rotatable bonds is 1. The normalized spacial score (nSPS) is 11.1. The number of fused-ring (bicyclic) bond motifs is 1. The maximum atomic E-state index is 5.72. The number of hydrogen-bond acceptors (Lipinski definition) is 3. The average molecular weight is 234 g/mol. The van der Waals surface area contributed by atoms with E-state index < -0.39 is 0 Å². The molecule has 0 aliphatic carbocycles. The molecular formula is C11H8ClN3O. The molecule has 0 radical (unpaired) electrons. The van der Waals surface area contributed by atoms with Gasteiger partial charge in [0.15, 0.2) is 22.5 Å². The summed E-state index contributed by atoms with van der Waals surface area (Å²) in [4.78, 5) is 11.7. The molecule has 0 fully saturated rings. The molecule has 0 unspecified atom stereocenters. The Bertz CT molecular complexity index is 656. The number of nitrogens with one attached hydrogen (secondary N) is 1. The Kier molecular flexibility index (Phi) is 1.97. The third-order valence-electron chi connectivity index (χ3n) is 2.41. The molecule has 3 aromatic heterocycles. The first-order valence-electron chi connectivity index (χ1n) is 4.81. The number of aromatic nitrogens is 3. The maximum Gasteiger partial charge on any atom is 0.194 e. The highest BCUT2D eigenvalue weighted by Gasteiger charge is 2.10. The average Bonchev–Trinajstić information content (AvgIpc) is 2.84. The second-order valence-electron chi connectivity index (χ2n) is 3.52. The van der Waals surface area contributed by atoms with Crippen molar-refractivity contribution in [1.82, 2.24) is 15.0 Å². The van der Waals surface area contributed by atoms with Gasteiger partial charge in [0.2, 0.25) is 0 Å². The first-order chi connectivity index (χ1) is 7.74. The summed E-state index contributed by atoms with van der Waals surface area (Å²) in [6.45, 7) is 2.00. The minimum absolute atomic E-state index is 0.347. The molecule has 0 bridgehead atoms. The SMILES string of the molecule is Cc1ccnc2nc(-c3ccc(Cl)o3)[nH]c12. The smallest absolute Gasteiger partial charge is 0.194 e. The van der Waals surface area contributed by atoms with Gasteiger partial charge in [-0.1, -0.05) is 0 Å². The Hall–Kier alpha value is -1.81. The minimum Gasteiger partial charge on any atom is -0.441 e. The van der Waals surface area contributed by atoms with Crippen LogP contribution in [0.4, 0.5) is 0 Å². The Labute approximate surface area is 96.3 Å². The van der Waals surface area contributed by atoms with Crippen molar-refractivity contribution in [2.24, 2.45) is 0 Å². The molecule has 3 aromatic rings. The predicted octanol–water partition coefficient (Wildman–Crippen LogP) is 3.18. The highest BCUT2D eigenvalue weighted by molar-refractivity contribution is 6.28. The van der Waals surface area contributed by atoms with Gasteiger partial charge in [-0.15, -0.1) is 0 Å². The summed E-state index contributed by atoms with van der Waals surface area (Å²) < 4.78 is 5.28. The molecule has 5 heteroatoms. The van der Waals surface area contributed by atoms with Crippen LogP contribution in [0.15, 0.2) is 28.8 Å². The van der Waals surface area contributed by atoms with Crippen molar-refractivity contribution in [3.63, 3.8) is 0 Å². The molecule has 0 aromatic carbocycles. The van der Waals surface area contributed by atoms with E-state index in [0.717, 1.165) is 11.1 Å². The van der Waals surface area contributed by atoms with Gasteiger partial charge in [0.05, 0.1) is 5.52 Å². The van der Waals surface area contributed by atoms with E-state index in [0.29, 0.717) is 22.5 Å². The lowest BCUT2D eigenvalue weighted by Gasteiger charge is -1.90. The van der Waals surface area contributed by atoms with Gasteiger partial charge >= 0.3 is 0 Å². The van der Waals surface area contributed by atoms with E-state index in [9.17, 15) is 0 Å². The van der Waals surface area contributed by atoms with Gasteiger partial charge in [-0.25, -0.2) is 9.97 Å². The molecule has 1 N–H and O–H groups in total. The summed E-state index contributed by atoms with van der Waals surface area (Å²) in [5, 5.41) is 0.347. The number of nitrogens with zero attached hydrogens (tertiary/aromatic N) is 2. The van der Waals surface area contributed by atoms with Crippen LogP contribution in [-0.4, -0.2) is 15.0 Å². The maximum absolute atomic E-state index is 5.72. The fourth-order valence-corrected chi connectivity index (χ4v) is 1.74. The summed E-state index contributed by atoms with van der Waals surface area (Å²) in [5.74, 6) is 1.26. The van der Waals surface area contributed by atoms with Crippen LogP contribution in [-0.2, 0) is 0 Å². The Morgan fingerprint density at radius 1 is 1.31 bits per heavy atom. The quantitative estimate of drug-likeness (QED) is 0.702. The molecule has 0 atom stereocenters. The number of imidazole rings is 1. The zero-order chi connectivity index (χ0) is 11.1. The van der Waals surface area contributed by atoms with Crippen LogP contribution in [0.2, 0.25) is 5.22 Å². The van der Waals surface area contributed by atoms with Crippen molar-refractivity contribution < 1.29 is 4.42 Å². The Morgan fingerprint density at radius 2 is 2.19 bits per heavy atom. The third-order valence-corrected chi connectivity index (χ3v) is 2.61. The van der Waals surface area contributed by atoms with Crippen molar-refractivity contribution in [3.05, 3.63) is 35.2 Å². The minimum atomic E-state index is 0.347. The van der Waals surface area contributed by atoms with E-state index in [2.05, 4.69) is 15.0 Å². The highest BCUT2D eigenvalue weighted by atomic mass is 35.5. The van der Waals surface area contributed by atoms with Crippen molar-refractivity contribution in [3.8, 4) is 11.6 Å². The number of aryl methyl sites for hydroxylation is 1. The van der Waals surface area contributed by atoms with Crippen LogP contribution in [0.25, 0.3) is 22.7 Å². The van der Waals surface area contributed by atoms with Crippen molar-refractivity contribution in [2.45, 2.75) is 6.92 Å². The van der Waals surface area contributed by atoms with Gasteiger partial charge in [0, 0.05) is 6.20 Å². The number of H-pyrrole nitrogens is 1. The summed E-state index contributed by atoms with van der Waals surface area (Å²) in [5.41, 5.74) is 2.70. The summed E-state index contributed by atoms with van der Waals surface area (Å²) in [6, 6.07) is 5.39. The van der Waals surface area contributed by atoms with Crippen LogP contribution in [0.1, 0.15) is 5.56 Å². The highest BCUT2D eigenvalue weighted by Crippen LogP contribution is 2.24. The van der Waals surface area contributed by atoms with Gasteiger partial charge in [-0.2, -0.15) is 0 Å². The van der Waals surface area contributed by atoms with Gasteiger partial charge in [0.25, 0.3) is 0 Å². The molecule has 0 spiro atoms. The van der Waals surface area contributed by atoms with Gasteiger partial charge < -0.3 is 9.40 Å². The summed E-state index contributed by atoms with van der Waals surface area (Å²) >= 11 is 5.72. The first kappa shape index (κ1) is 9.42. The van der Waals surface area contributed by atoms with E-state index in [4.69, 9.17) is 16.0 Å². The fourth-order valence-electron chi connectivity index (χ4n) is 1.59. The van der Waals surface area contributed by atoms with E-state index in [1.807, 2.05) is 13.0 Å². The monoisotopic (exact) mass is 233 g/mol.